The predicted octanol–water partition coefficient (Wildman–Crippen LogP) is 1.62. The number of ether oxygens (including phenoxy) is 2. The molecule has 23 heavy (non-hydrogen) atoms. The lowest BCUT2D eigenvalue weighted by atomic mass is 10.0. The Balaban J connectivity index is 1.48. The molecular formula is C16H22N2O4S. The van der Waals surface area contributed by atoms with Crippen LogP contribution in [0.1, 0.15) is 35.4 Å². The molecular weight excluding hydrogens is 316 g/mol. The zero-order valence-electron chi connectivity index (χ0n) is 13.0. The third-order valence-electron chi connectivity index (χ3n) is 4.20. The van der Waals surface area contributed by atoms with Crippen molar-refractivity contribution in [3.8, 4) is 0 Å². The number of nitrogens with zero attached hydrogens (tertiary/aromatic N) is 1. The fourth-order valence-corrected chi connectivity index (χ4v) is 3.71. The lowest BCUT2D eigenvalue weighted by Crippen LogP contribution is -2.50. The molecule has 2 saturated heterocycles. The summed E-state index contributed by atoms with van der Waals surface area (Å²) in [6.07, 6.45) is 3.03. The van der Waals surface area contributed by atoms with Gasteiger partial charge in [-0.25, -0.2) is 0 Å². The van der Waals surface area contributed by atoms with Crippen molar-refractivity contribution in [1.82, 2.24) is 10.2 Å². The molecule has 3 rings (SSSR count). The highest BCUT2D eigenvalue weighted by Gasteiger charge is 2.35. The molecule has 7 heteroatoms. The second kappa shape index (κ2) is 7.90. The van der Waals surface area contributed by atoms with Crippen molar-refractivity contribution in [2.45, 2.75) is 38.0 Å². The molecule has 0 radical (unpaired) electrons. The van der Waals surface area contributed by atoms with Gasteiger partial charge in [-0.15, -0.1) is 11.3 Å². The summed E-state index contributed by atoms with van der Waals surface area (Å²) >= 11 is 1.39. The molecule has 0 saturated carbocycles. The van der Waals surface area contributed by atoms with E-state index in [4.69, 9.17) is 9.47 Å². The summed E-state index contributed by atoms with van der Waals surface area (Å²) in [5, 5.41) is 4.66. The first-order valence-electron chi connectivity index (χ1n) is 8.10. The zero-order valence-corrected chi connectivity index (χ0v) is 13.8. The second-order valence-electron chi connectivity index (χ2n) is 5.74. The molecule has 0 aliphatic carbocycles. The van der Waals surface area contributed by atoms with Crippen LogP contribution in [-0.2, 0) is 14.3 Å². The van der Waals surface area contributed by atoms with E-state index in [0.717, 1.165) is 25.8 Å². The van der Waals surface area contributed by atoms with Gasteiger partial charge < -0.3 is 19.7 Å². The smallest absolute Gasteiger partial charge is 0.261 e. The Morgan fingerprint density at radius 1 is 1.30 bits per heavy atom. The largest absolute Gasteiger partial charge is 0.351 e. The van der Waals surface area contributed by atoms with E-state index in [1.807, 2.05) is 16.3 Å². The van der Waals surface area contributed by atoms with E-state index in [9.17, 15) is 9.59 Å². The third kappa shape index (κ3) is 4.10. The number of carbonyl (C=O) groups excluding carboxylic acids is 2. The maximum atomic E-state index is 12.5. The quantitative estimate of drug-likeness (QED) is 0.886. The zero-order chi connectivity index (χ0) is 16.1. The third-order valence-corrected chi connectivity index (χ3v) is 5.07. The number of hydrogen-bond acceptors (Lipinski definition) is 5. The van der Waals surface area contributed by atoms with Crippen LogP contribution >= 0.6 is 11.3 Å². The van der Waals surface area contributed by atoms with Gasteiger partial charge in [0, 0.05) is 19.5 Å². The molecule has 0 spiro atoms. The molecule has 2 amide bonds. The predicted molar refractivity (Wildman–Crippen MR) is 86.3 cm³/mol. The summed E-state index contributed by atoms with van der Waals surface area (Å²) < 4.78 is 11.2. The van der Waals surface area contributed by atoms with E-state index in [-0.39, 0.29) is 24.1 Å². The van der Waals surface area contributed by atoms with E-state index in [0.29, 0.717) is 31.1 Å². The van der Waals surface area contributed by atoms with Crippen molar-refractivity contribution in [1.29, 1.82) is 0 Å². The van der Waals surface area contributed by atoms with Crippen LogP contribution < -0.4 is 5.32 Å². The average molecular weight is 338 g/mol. The lowest BCUT2D eigenvalue weighted by Gasteiger charge is -2.38. The fraction of sp³-hybridized carbons (Fsp3) is 0.625. The Morgan fingerprint density at radius 2 is 2.13 bits per heavy atom. The van der Waals surface area contributed by atoms with Crippen molar-refractivity contribution in [3.05, 3.63) is 22.4 Å². The van der Waals surface area contributed by atoms with E-state index in [1.54, 1.807) is 6.07 Å². The van der Waals surface area contributed by atoms with Crippen LogP contribution in [0.15, 0.2) is 17.5 Å². The minimum absolute atomic E-state index is 0.00625. The maximum Gasteiger partial charge on any atom is 0.261 e. The minimum atomic E-state index is -0.292. The standard InChI is InChI=1S/C16H22N2O4S/c19-14(6-7-17-15(20)13-5-3-11-23-13)18-8-2-1-4-12(18)16-21-9-10-22-16/h3,5,11-12,16H,1-2,4,6-10H2,(H,17,20). The average Bonchev–Trinajstić information content (AvgIpc) is 3.28. The van der Waals surface area contributed by atoms with Crippen LogP contribution in [0.25, 0.3) is 0 Å². The van der Waals surface area contributed by atoms with E-state index >= 15 is 0 Å². The van der Waals surface area contributed by atoms with Gasteiger partial charge in [-0.05, 0) is 30.7 Å². The van der Waals surface area contributed by atoms with Crippen LogP contribution in [0.5, 0.6) is 0 Å². The van der Waals surface area contributed by atoms with Gasteiger partial charge >= 0.3 is 0 Å². The van der Waals surface area contributed by atoms with Crippen molar-refractivity contribution in [2.24, 2.45) is 0 Å². The SMILES string of the molecule is O=C(NCCC(=O)N1CCCCC1C1OCCO1)c1cccs1. The van der Waals surface area contributed by atoms with E-state index in [2.05, 4.69) is 5.32 Å². The second-order valence-corrected chi connectivity index (χ2v) is 6.69. The van der Waals surface area contributed by atoms with Gasteiger partial charge in [0.15, 0.2) is 6.29 Å². The Hall–Kier alpha value is -1.44. The number of hydrogen-bond donors (Lipinski definition) is 1. The van der Waals surface area contributed by atoms with E-state index < -0.39 is 0 Å². The first-order valence-corrected chi connectivity index (χ1v) is 8.98. The van der Waals surface area contributed by atoms with Gasteiger partial charge in [0.05, 0.1) is 24.1 Å². The number of rotatable bonds is 5. The molecule has 126 valence electrons. The van der Waals surface area contributed by atoms with Crippen LogP contribution in [0.2, 0.25) is 0 Å². The molecule has 1 aromatic heterocycles. The first-order chi connectivity index (χ1) is 11.3. The summed E-state index contributed by atoms with van der Waals surface area (Å²) in [4.78, 5) is 26.9. The highest BCUT2D eigenvalue weighted by atomic mass is 32.1. The van der Waals surface area contributed by atoms with Gasteiger partial charge in [-0.3, -0.25) is 9.59 Å². The number of piperidine rings is 1. The maximum absolute atomic E-state index is 12.5. The van der Waals surface area contributed by atoms with Crippen LogP contribution in [0.3, 0.4) is 0 Å². The minimum Gasteiger partial charge on any atom is -0.351 e. The van der Waals surface area contributed by atoms with E-state index in [1.165, 1.54) is 11.3 Å². The number of nitrogens with one attached hydrogen (secondary N) is 1. The molecule has 1 atom stereocenters. The van der Waals surface area contributed by atoms with Gasteiger partial charge in [0.25, 0.3) is 5.91 Å². The highest BCUT2D eigenvalue weighted by Crippen LogP contribution is 2.24. The van der Waals surface area contributed by atoms with Crippen LogP contribution in [0, 0.1) is 0 Å². The molecule has 0 bridgehead atoms. The lowest BCUT2D eigenvalue weighted by molar-refractivity contribution is -0.150. The summed E-state index contributed by atoms with van der Waals surface area (Å²) in [5.41, 5.74) is 0. The summed E-state index contributed by atoms with van der Waals surface area (Å²) in [5.74, 6) is -0.0641. The molecule has 3 heterocycles. The Kier molecular flexibility index (Phi) is 5.64. The number of carbonyl (C=O) groups is 2. The molecule has 1 N–H and O–H groups in total. The molecule has 2 fully saturated rings. The monoisotopic (exact) mass is 338 g/mol. The van der Waals surface area contributed by atoms with Gasteiger partial charge in [0.1, 0.15) is 0 Å². The molecule has 1 unspecified atom stereocenters. The van der Waals surface area contributed by atoms with Gasteiger partial charge in [-0.1, -0.05) is 6.07 Å². The normalized spacial score (nSPS) is 22.3. The first kappa shape index (κ1) is 16.4. The number of amides is 2. The van der Waals surface area contributed by atoms with Crippen molar-refractivity contribution in [2.75, 3.05) is 26.3 Å². The summed E-state index contributed by atoms with van der Waals surface area (Å²) in [6, 6.07) is 3.62. The van der Waals surface area contributed by atoms with Crippen molar-refractivity contribution in [3.63, 3.8) is 0 Å². The van der Waals surface area contributed by atoms with Crippen LogP contribution in [0.4, 0.5) is 0 Å². The highest BCUT2D eigenvalue weighted by molar-refractivity contribution is 7.12. The van der Waals surface area contributed by atoms with Crippen LogP contribution in [-0.4, -0.2) is 55.3 Å². The van der Waals surface area contributed by atoms with Gasteiger partial charge in [-0.2, -0.15) is 0 Å². The molecule has 0 aromatic carbocycles. The van der Waals surface area contributed by atoms with Crippen molar-refractivity contribution < 1.29 is 19.1 Å². The number of likely N-dealkylation sites (tertiary alicyclic amines) is 1. The molecule has 2 aliphatic rings. The Morgan fingerprint density at radius 3 is 2.87 bits per heavy atom. The fourth-order valence-electron chi connectivity index (χ4n) is 3.07. The molecule has 6 nitrogen and oxygen atoms in total. The Bertz CT molecular complexity index is 528. The summed E-state index contributed by atoms with van der Waals surface area (Å²) in [6.45, 7) is 2.29. The Labute approximate surface area is 139 Å². The van der Waals surface area contributed by atoms with Gasteiger partial charge in [0.2, 0.25) is 5.91 Å². The van der Waals surface area contributed by atoms with Crippen molar-refractivity contribution >= 4 is 23.2 Å². The number of thiophene rings is 1. The molecule has 1 aromatic rings. The topological polar surface area (TPSA) is 67.9 Å². The molecule has 2 aliphatic heterocycles. The summed E-state index contributed by atoms with van der Waals surface area (Å²) in [7, 11) is 0.